The van der Waals surface area contributed by atoms with E-state index in [1.165, 1.54) is 19.3 Å². The van der Waals surface area contributed by atoms with Crippen LogP contribution in [0.15, 0.2) is 28.7 Å². The highest BCUT2D eigenvalue weighted by molar-refractivity contribution is 9.10. The lowest BCUT2D eigenvalue weighted by Crippen LogP contribution is -2.20. The summed E-state index contributed by atoms with van der Waals surface area (Å²) in [4.78, 5) is 0. The third-order valence-corrected chi connectivity index (χ3v) is 3.54. The standard InChI is InChI=1S/C11H13BrO/c12-10-7-2-1-6-9(10)11(13)8-4-3-5-8/h1-2,6-8,11,13H,3-5H2/t11-/m0/s1. The molecule has 0 aromatic heterocycles. The Morgan fingerprint density at radius 1 is 1.31 bits per heavy atom. The summed E-state index contributed by atoms with van der Waals surface area (Å²) in [6.07, 6.45) is 3.33. The first-order chi connectivity index (χ1) is 6.29. The summed E-state index contributed by atoms with van der Waals surface area (Å²) in [5, 5.41) is 9.99. The van der Waals surface area contributed by atoms with Crippen LogP contribution in [0.2, 0.25) is 0 Å². The normalized spacial score (nSPS) is 19.5. The molecular formula is C11H13BrO. The smallest absolute Gasteiger partial charge is 0.0829 e. The van der Waals surface area contributed by atoms with Crippen LogP contribution in [0.1, 0.15) is 30.9 Å². The number of benzene rings is 1. The number of aliphatic hydroxyl groups excluding tert-OH is 1. The van der Waals surface area contributed by atoms with Crippen LogP contribution >= 0.6 is 15.9 Å². The maximum Gasteiger partial charge on any atom is 0.0829 e. The molecule has 0 heterocycles. The minimum Gasteiger partial charge on any atom is -0.388 e. The zero-order valence-corrected chi connectivity index (χ0v) is 9.00. The third-order valence-electron chi connectivity index (χ3n) is 2.82. The second kappa shape index (κ2) is 3.81. The van der Waals surface area contributed by atoms with E-state index in [2.05, 4.69) is 15.9 Å². The van der Waals surface area contributed by atoms with Gasteiger partial charge in [0, 0.05) is 4.47 Å². The molecule has 0 spiro atoms. The summed E-state index contributed by atoms with van der Waals surface area (Å²) < 4.78 is 1.02. The minimum absolute atomic E-state index is 0.274. The quantitative estimate of drug-likeness (QED) is 0.842. The van der Waals surface area contributed by atoms with Gasteiger partial charge in [-0.05, 0) is 30.4 Å². The predicted octanol–water partition coefficient (Wildman–Crippen LogP) is 3.28. The molecule has 1 aliphatic carbocycles. The Labute approximate surface area is 86.9 Å². The topological polar surface area (TPSA) is 20.2 Å². The van der Waals surface area contributed by atoms with Gasteiger partial charge in [-0.15, -0.1) is 0 Å². The first kappa shape index (κ1) is 9.22. The molecule has 0 aliphatic heterocycles. The SMILES string of the molecule is O[C@H](c1ccccc1Br)C1CCC1. The van der Waals surface area contributed by atoms with Crippen molar-refractivity contribution in [2.75, 3.05) is 0 Å². The largest absolute Gasteiger partial charge is 0.388 e. The van der Waals surface area contributed by atoms with Crippen molar-refractivity contribution in [3.05, 3.63) is 34.3 Å². The Morgan fingerprint density at radius 3 is 2.54 bits per heavy atom. The van der Waals surface area contributed by atoms with E-state index in [0.29, 0.717) is 5.92 Å². The average molecular weight is 241 g/mol. The Hall–Kier alpha value is -0.340. The molecule has 70 valence electrons. The molecular weight excluding hydrogens is 228 g/mol. The fourth-order valence-corrected chi connectivity index (χ4v) is 2.24. The molecule has 1 aromatic rings. The van der Waals surface area contributed by atoms with Crippen molar-refractivity contribution in [3.63, 3.8) is 0 Å². The number of aliphatic hydroxyl groups is 1. The summed E-state index contributed by atoms with van der Waals surface area (Å²) in [7, 11) is 0. The van der Waals surface area contributed by atoms with Gasteiger partial charge in [0.1, 0.15) is 0 Å². The molecule has 1 aliphatic rings. The van der Waals surface area contributed by atoms with Gasteiger partial charge in [-0.1, -0.05) is 40.5 Å². The lowest BCUT2D eigenvalue weighted by Gasteiger charge is -2.30. The van der Waals surface area contributed by atoms with Gasteiger partial charge in [-0.3, -0.25) is 0 Å². The zero-order chi connectivity index (χ0) is 9.26. The Balaban J connectivity index is 2.18. The number of hydrogen-bond acceptors (Lipinski definition) is 1. The summed E-state index contributed by atoms with van der Waals surface area (Å²) in [5.41, 5.74) is 1.03. The van der Waals surface area contributed by atoms with Gasteiger partial charge in [0.15, 0.2) is 0 Å². The fraction of sp³-hybridized carbons (Fsp3) is 0.455. The lowest BCUT2D eigenvalue weighted by atomic mass is 9.79. The molecule has 1 saturated carbocycles. The molecule has 2 heteroatoms. The number of hydrogen-bond donors (Lipinski definition) is 1. The van der Waals surface area contributed by atoms with E-state index in [9.17, 15) is 5.11 Å². The Morgan fingerprint density at radius 2 is 2.00 bits per heavy atom. The zero-order valence-electron chi connectivity index (χ0n) is 7.41. The van der Waals surface area contributed by atoms with Crippen LogP contribution in [0, 0.1) is 5.92 Å². The molecule has 1 atom stereocenters. The van der Waals surface area contributed by atoms with Crippen LogP contribution in [0.5, 0.6) is 0 Å². The van der Waals surface area contributed by atoms with E-state index < -0.39 is 0 Å². The Bertz CT molecular complexity index is 294. The van der Waals surface area contributed by atoms with Gasteiger partial charge in [0.25, 0.3) is 0 Å². The predicted molar refractivity (Wildman–Crippen MR) is 56.4 cm³/mol. The Kier molecular flexibility index (Phi) is 2.70. The van der Waals surface area contributed by atoms with Gasteiger partial charge in [-0.2, -0.15) is 0 Å². The van der Waals surface area contributed by atoms with Crippen LogP contribution in [0.3, 0.4) is 0 Å². The molecule has 1 nitrogen and oxygen atoms in total. The van der Waals surface area contributed by atoms with E-state index in [1.54, 1.807) is 0 Å². The van der Waals surface area contributed by atoms with Crippen molar-refractivity contribution in [1.82, 2.24) is 0 Å². The fourth-order valence-electron chi connectivity index (χ4n) is 1.72. The first-order valence-corrected chi connectivity index (χ1v) is 5.51. The van der Waals surface area contributed by atoms with Crippen LogP contribution in [0.25, 0.3) is 0 Å². The van der Waals surface area contributed by atoms with Crippen molar-refractivity contribution >= 4 is 15.9 Å². The van der Waals surface area contributed by atoms with E-state index >= 15 is 0 Å². The van der Waals surface area contributed by atoms with Crippen molar-refractivity contribution in [1.29, 1.82) is 0 Å². The highest BCUT2D eigenvalue weighted by Crippen LogP contribution is 2.39. The van der Waals surface area contributed by atoms with Gasteiger partial charge in [0.2, 0.25) is 0 Å². The van der Waals surface area contributed by atoms with Crippen molar-refractivity contribution in [3.8, 4) is 0 Å². The van der Waals surface area contributed by atoms with Gasteiger partial charge in [0.05, 0.1) is 6.10 Å². The number of halogens is 1. The molecule has 0 saturated heterocycles. The van der Waals surface area contributed by atoms with Crippen LogP contribution < -0.4 is 0 Å². The molecule has 0 radical (unpaired) electrons. The molecule has 1 aromatic carbocycles. The lowest BCUT2D eigenvalue weighted by molar-refractivity contribution is 0.0615. The van der Waals surface area contributed by atoms with E-state index in [0.717, 1.165) is 10.0 Å². The minimum atomic E-state index is -0.274. The molecule has 1 N–H and O–H groups in total. The van der Waals surface area contributed by atoms with Crippen molar-refractivity contribution < 1.29 is 5.11 Å². The maximum absolute atomic E-state index is 9.99. The van der Waals surface area contributed by atoms with Crippen molar-refractivity contribution in [2.45, 2.75) is 25.4 Å². The molecule has 0 unspecified atom stereocenters. The van der Waals surface area contributed by atoms with E-state index in [1.807, 2.05) is 24.3 Å². The first-order valence-electron chi connectivity index (χ1n) is 4.71. The maximum atomic E-state index is 9.99. The second-order valence-electron chi connectivity index (χ2n) is 3.66. The highest BCUT2D eigenvalue weighted by Gasteiger charge is 2.27. The van der Waals surface area contributed by atoms with Crippen LogP contribution in [-0.2, 0) is 0 Å². The van der Waals surface area contributed by atoms with Gasteiger partial charge in [-0.25, -0.2) is 0 Å². The highest BCUT2D eigenvalue weighted by atomic mass is 79.9. The third kappa shape index (κ3) is 1.79. The van der Waals surface area contributed by atoms with Gasteiger partial charge >= 0.3 is 0 Å². The summed E-state index contributed by atoms with van der Waals surface area (Å²) in [6.45, 7) is 0. The van der Waals surface area contributed by atoms with Gasteiger partial charge < -0.3 is 5.11 Å². The molecule has 0 amide bonds. The summed E-state index contributed by atoms with van der Waals surface area (Å²) in [6, 6.07) is 7.92. The molecule has 1 fully saturated rings. The number of rotatable bonds is 2. The van der Waals surface area contributed by atoms with E-state index in [-0.39, 0.29) is 6.10 Å². The van der Waals surface area contributed by atoms with E-state index in [4.69, 9.17) is 0 Å². The average Bonchev–Trinajstić information content (AvgIpc) is 2.01. The summed E-state index contributed by atoms with van der Waals surface area (Å²) >= 11 is 3.46. The molecule has 0 bridgehead atoms. The van der Waals surface area contributed by atoms with Crippen LogP contribution in [0.4, 0.5) is 0 Å². The van der Waals surface area contributed by atoms with Crippen LogP contribution in [-0.4, -0.2) is 5.11 Å². The monoisotopic (exact) mass is 240 g/mol. The second-order valence-corrected chi connectivity index (χ2v) is 4.51. The summed E-state index contributed by atoms with van der Waals surface area (Å²) in [5.74, 6) is 0.485. The molecule has 2 rings (SSSR count). The molecule has 13 heavy (non-hydrogen) atoms. The van der Waals surface area contributed by atoms with Crippen molar-refractivity contribution in [2.24, 2.45) is 5.92 Å².